The lowest BCUT2D eigenvalue weighted by Crippen LogP contribution is -2.34. The highest BCUT2D eigenvalue weighted by molar-refractivity contribution is 5.79. The molecule has 0 radical (unpaired) electrons. The van der Waals surface area contributed by atoms with E-state index >= 15 is 0 Å². The second kappa shape index (κ2) is 8.73. The minimum absolute atomic E-state index is 0.184. The van der Waals surface area contributed by atoms with Crippen LogP contribution in [0.2, 0.25) is 0 Å². The van der Waals surface area contributed by atoms with Crippen molar-refractivity contribution in [3.05, 3.63) is 36.4 Å². The summed E-state index contributed by atoms with van der Waals surface area (Å²) in [6, 6.07) is 10.7. The van der Waals surface area contributed by atoms with Crippen molar-refractivity contribution in [3.63, 3.8) is 0 Å². The summed E-state index contributed by atoms with van der Waals surface area (Å²) in [5, 5.41) is 0. The van der Waals surface area contributed by atoms with Gasteiger partial charge >= 0.3 is 5.97 Å². The van der Waals surface area contributed by atoms with Crippen molar-refractivity contribution in [1.29, 1.82) is 0 Å². The quantitative estimate of drug-likeness (QED) is 0.334. The summed E-state index contributed by atoms with van der Waals surface area (Å²) in [4.78, 5) is 13.0. The topological polar surface area (TPSA) is 72.5 Å². The van der Waals surface area contributed by atoms with Crippen LogP contribution in [0.5, 0.6) is 34.5 Å². The number of hydrogen-bond donors (Lipinski definition) is 0. The standard InChI is InChI=1S/C23H26O7/c1-3-23(4-2,22(24)30-17-7-9-19-21(13-17)29-15-27-19)10-5-11-25-16-6-8-18-20(12-16)28-14-26-18/h6-9,12-13H,3-5,10-11,14-15H2,1-2H3. The van der Waals surface area contributed by atoms with Gasteiger partial charge in [0, 0.05) is 12.1 Å². The number of fused-ring (bicyclic) bond motifs is 2. The van der Waals surface area contributed by atoms with Crippen LogP contribution in [0, 0.1) is 5.41 Å². The summed E-state index contributed by atoms with van der Waals surface area (Å²) >= 11 is 0. The lowest BCUT2D eigenvalue weighted by molar-refractivity contribution is -0.147. The van der Waals surface area contributed by atoms with Crippen molar-refractivity contribution in [2.24, 2.45) is 5.41 Å². The SMILES string of the molecule is CCC(CC)(CCCOc1ccc2c(c1)OCO2)C(=O)Oc1ccc2c(c1)OCO2. The van der Waals surface area contributed by atoms with Crippen LogP contribution >= 0.6 is 0 Å². The van der Waals surface area contributed by atoms with Crippen molar-refractivity contribution >= 4 is 5.97 Å². The molecule has 0 bridgehead atoms. The Bertz CT molecular complexity index is 904. The van der Waals surface area contributed by atoms with E-state index in [9.17, 15) is 4.79 Å². The molecule has 0 saturated carbocycles. The van der Waals surface area contributed by atoms with Crippen molar-refractivity contribution in [3.8, 4) is 34.5 Å². The highest BCUT2D eigenvalue weighted by atomic mass is 16.7. The van der Waals surface area contributed by atoms with Crippen LogP contribution in [0.1, 0.15) is 39.5 Å². The molecule has 2 heterocycles. The van der Waals surface area contributed by atoms with E-state index in [1.165, 1.54) is 0 Å². The zero-order valence-corrected chi connectivity index (χ0v) is 17.3. The van der Waals surface area contributed by atoms with Gasteiger partial charge in [-0.15, -0.1) is 0 Å². The van der Waals surface area contributed by atoms with Gasteiger partial charge in [-0.1, -0.05) is 13.8 Å². The molecule has 0 aromatic heterocycles. The largest absolute Gasteiger partial charge is 0.493 e. The van der Waals surface area contributed by atoms with Crippen LogP contribution in [0.3, 0.4) is 0 Å². The Morgan fingerprint density at radius 1 is 0.867 bits per heavy atom. The lowest BCUT2D eigenvalue weighted by Gasteiger charge is -2.29. The molecule has 0 atom stereocenters. The maximum atomic E-state index is 13.0. The third-order valence-electron chi connectivity index (χ3n) is 5.75. The van der Waals surface area contributed by atoms with E-state index in [0.29, 0.717) is 48.9 Å². The molecule has 0 N–H and O–H groups in total. The number of benzene rings is 2. The summed E-state index contributed by atoms with van der Waals surface area (Å²) in [5.74, 6) is 3.63. The van der Waals surface area contributed by atoms with Gasteiger partial charge in [0.1, 0.15) is 11.5 Å². The molecule has 0 amide bonds. The highest BCUT2D eigenvalue weighted by Gasteiger charge is 2.36. The van der Waals surface area contributed by atoms with Gasteiger partial charge < -0.3 is 28.4 Å². The fourth-order valence-electron chi connectivity index (χ4n) is 3.72. The predicted octanol–water partition coefficient (Wildman–Crippen LogP) is 4.72. The maximum Gasteiger partial charge on any atom is 0.317 e. The molecule has 0 spiro atoms. The summed E-state index contributed by atoms with van der Waals surface area (Å²) in [6.45, 7) is 4.95. The molecule has 0 saturated heterocycles. The summed E-state index contributed by atoms with van der Waals surface area (Å²) in [7, 11) is 0. The first-order chi connectivity index (χ1) is 14.6. The third kappa shape index (κ3) is 4.10. The fraction of sp³-hybridized carbons (Fsp3) is 0.435. The van der Waals surface area contributed by atoms with Crippen LogP contribution in [0.15, 0.2) is 36.4 Å². The average molecular weight is 414 g/mol. The summed E-state index contributed by atoms with van der Waals surface area (Å²) in [6.07, 6.45) is 2.79. The molecule has 2 aliphatic heterocycles. The van der Waals surface area contributed by atoms with Crippen molar-refractivity contribution in [2.75, 3.05) is 20.2 Å². The number of carbonyl (C=O) groups excluding carboxylic acids is 1. The van der Waals surface area contributed by atoms with Crippen LogP contribution in [-0.2, 0) is 4.79 Å². The van der Waals surface area contributed by atoms with Gasteiger partial charge in [0.15, 0.2) is 23.0 Å². The zero-order chi connectivity index (χ0) is 21.0. The van der Waals surface area contributed by atoms with Crippen LogP contribution < -0.4 is 28.4 Å². The van der Waals surface area contributed by atoms with Crippen LogP contribution in [0.25, 0.3) is 0 Å². The number of ether oxygens (including phenoxy) is 6. The Hall–Kier alpha value is -3.09. The highest BCUT2D eigenvalue weighted by Crippen LogP contribution is 2.38. The minimum Gasteiger partial charge on any atom is -0.493 e. The molecule has 2 aromatic rings. The first kappa shape index (κ1) is 20.2. The lowest BCUT2D eigenvalue weighted by atomic mass is 9.78. The smallest absolute Gasteiger partial charge is 0.317 e. The molecule has 0 fully saturated rings. The van der Waals surface area contributed by atoms with Gasteiger partial charge in [-0.3, -0.25) is 4.79 Å². The molecular weight excluding hydrogens is 388 g/mol. The zero-order valence-electron chi connectivity index (χ0n) is 17.3. The Morgan fingerprint density at radius 3 is 2.07 bits per heavy atom. The first-order valence-electron chi connectivity index (χ1n) is 10.3. The Morgan fingerprint density at radius 2 is 1.43 bits per heavy atom. The van der Waals surface area contributed by atoms with Gasteiger partial charge in [0.2, 0.25) is 13.6 Å². The van der Waals surface area contributed by atoms with Gasteiger partial charge in [0.05, 0.1) is 12.0 Å². The van der Waals surface area contributed by atoms with E-state index in [1.54, 1.807) is 18.2 Å². The van der Waals surface area contributed by atoms with Gasteiger partial charge in [-0.2, -0.15) is 0 Å². The van der Waals surface area contributed by atoms with Crippen molar-refractivity contribution in [1.82, 2.24) is 0 Å². The molecular formula is C23H26O7. The first-order valence-corrected chi connectivity index (χ1v) is 10.3. The average Bonchev–Trinajstić information content (AvgIpc) is 3.42. The summed E-state index contributed by atoms with van der Waals surface area (Å²) < 4.78 is 32.9. The fourth-order valence-corrected chi connectivity index (χ4v) is 3.72. The number of rotatable bonds is 9. The van der Waals surface area contributed by atoms with Gasteiger partial charge in [-0.25, -0.2) is 0 Å². The molecule has 160 valence electrons. The normalized spacial score (nSPS) is 13.9. The molecule has 7 heteroatoms. The monoisotopic (exact) mass is 414 g/mol. The van der Waals surface area contributed by atoms with Crippen LogP contribution in [0.4, 0.5) is 0 Å². The molecule has 2 aliphatic rings. The Labute approximate surface area is 175 Å². The molecule has 0 aliphatic carbocycles. The van der Waals surface area contributed by atoms with E-state index in [0.717, 1.165) is 17.9 Å². The van der Waals surface area contributed by atoms with E-state index < -0.39 is 5.41 Å². The number of esters is 1. The number of hydrogen-bond acceptors (Lipinski definition) is 7. The molecule has 0 unspecified atom stereocenters. The second-order valence-electron chi connectivity index (χ2n) is 7.36. The minimum atomic E-state index is -0.561. The van der Waals surface area contributed by atoms with Crippen molar-refractivity contribution in [2.45, 2.75) is 39.5 Å². The van der Waals surface area contributed by atoms with Gasteiger partial charge in [-0.05, 0) is 49.9 Å². The maximum absolute atomic E-state index is 13.0. The van der Waals surface area contributed by atoms with Gasteiger partial charge in [0.25, 0.3) is 0 Å². The second-order valence-corrected chi connectivity index (χ2v) is 7.36. The van der Waals surface area contributed by atoms with Crippen molar-refractivity contribution < 1.29 is 33.2 Å². The number of carbonyl (C=O) groups is 1. The third-order valence-corrected chi connectivity index (χ3v) is 5.75. The Balaban J connectivity index is 1.33. The van der Waals surface area contributed by atoms with E-state index in [-0.39, 0.29) is 19.6 Å². The summed E-state index contributed by atoms with van der Waals surface area (Å²) in [5.41, 5.74) is -0.561. The molecule has 30 heavy (non-hydrogen) atoms. The van der Waals surface area contributed by atoms with E-state index in [4.69, 9.17) is 28.4 Å². The molecule has 2 aromatic carbocycles. The molecule has 7 nitrogen and oxygen atoms in total. The van der Waals surface area contributed by atoms with E-state index in [2.05, 4.69) is 0 Å². The predicted molar refractivity (Wildman–Crippen MR) is 109 cm³/mol. The van der Waals surface area contributed by atoms with Crippen LogP contribution in [-0.4, -0.2) is 26.2 Å². The van der Waals surface area contributed by atoms with E-state index in [1.807, 2.05) is 32.0 Å². The Kier molecular flexibility index (Phi) is 5.88. The molecule has 4 rings (SSSR count).